The zero-order chi connectivity index (χ0) is 14.8. The first-order chi connectivity index (χ1) is 10.2. The van der Waals surface area contributed by atoms with Gasteiger partial charge in [0.2, 0.25) is 5.91 Å². The Morgan fingerprint density at radius 3 is 2.57 bits per heavy atom. The predicted octanol–water partition coefficient (Wildman–Crippen LogP) is 0.602. The maximum atomic E-state index is 11.7. The molecule has 0 unspecified atom stereocenters. The highest BCUT2D eigenvalue weighted by Crippen LogP contribution is 2.39. The number of amides is 1. The third-order valence-corrected chi connectivity index (χ3v) is 4.26. The zero-order valence-electron chi connectivity index (χ0n) is 12.3. The summed E-state index contributed by atoms with van der Waals surface area (Å²) in [5, 5.41) is 2.73. The van der Waals surface area contributed by atoms with Crippen LogP contribution in [0.4, 0.5) is 11.6 Å². The topological polar surface area (TPSA) is 96.2 Å². The van der Waals surface area contributed by atoms with Crippen LogP contribution < -0.4 is 21.5 Å². The van der Waals surface area contributed by atoms with Crippen LogP contribution in [0.2, 0.25) is 0 Å². The number of rotatable bonds is 4. The minimum Gasteiger partial charge on any atom is -0.359 e. The fourth-order valence-corrected chi connectivity index (χ4v) is 2.79. The summed E-state index contributed by atoms with van der Waals surface area (Å²) in [6.45, 7) is 1.67. The van der Waals surface area contributed by atoms with Crippen LogP contribution in [0.25, 0.3) is 0 Å². The number of aromatic nitrogens is 2. The molecule has 1 aromatic rings. The highest BCUT2D eigenvalue weighted by molar-refractivity contribution is 5.78. The van der Waals surface area contributed by atoms with Crippen molar-refractivity contribution in [2.75, 3.05) is 30.5 Å². The van der Waals surface area contributed by atoms with Crippen molar-refractivity contribution in [3.63, 3.8) is 0 Å². The number of nitrogens with zero attached hydrogens (tertiary/aromatic N) is 3. The molecule has 7 nitrogen and oxygen atoms in total. The molecular formula is C14H22N6O. The van der Waals surface area contributed by atoms with Gasteiger partial charge in [0.25, 0.3) is 0 Å². The van der Waals surface area contributed by atoms with Gasteiger partial charge >= 0.3 is 0 Å². The van der Waals surface area contributed by atoms with Crippen LogP contribution >= 0.6 is 0 Å². The molecule has 1 saturated heterocycles. The van der Waals surface area contributed by atoms with Gasteiger partial charge in [-0.2, -0.15) is 0 Å². The predicted molar refractivity (Wildman–Crippen MR) is 80.8 cm³/mol. The lowest BCUT2D eigenvalue weighted by Crippen LogP contribution is -2.40. The number of carbonyl (C=O) groups is 1. The van der Waals surface area contributed by atoms with Gasteiger partial charge in [0.05, 0.1) is 0 Å². The lowest BCUT2D eigenvalue weighted by Gasteiger charge is -2.32. The lowest BCUT2D eigenvalue weighted by molar-refractivity contribution is -0.125. The van der Waals surface area contributed by atoms with Crippen LogP contribution in [0, 0.1) is 5.92 Å². The van der Waals surface area contributed by atoms with Crippen LogP contribution in [0.1, 0.15) is 37.4 Å². The van der Waals surface area contributed by atoms with Crippen molar-refractivity contribution in [2.24, 2.45) is 11.8 Å². The number of carbonyl (C=O) groups excluding carboxylic acids is 1. The van der Waals surface area contributed by atoms with E-state index in [1.807, 2.05) is 6.07 Å². The Kier molecular flexibility index (Phi) is 3.92. The van der Waals surface area contributed by atoms with Crippen molar-refractivity contribution in [2.45, 2.75) is 31.6 Å². The first-order valence-electron chi connectivity index (χ1n) is 7.53. The first-order valence-corrected chi connectivity index (χ1v) is 7.53. The van der Waals surface area contributed by atoms with E-state index in [1.165, 1.54) is 0 Å². The smallest absolute Gasteiger partial charge is 0.222 e. The molecule has 2 aliphatic rings. The van der Waals surface area contributed by atoms with Gasteiger partial charge in [0, 0.05) is 38.0 Å². The molecule has 0 aromatic carbocycles. The maximum absolute atomic E-state index is 11.7. The molecule has 2 fully saturated rings. The van der Waals surface area contributed by atoms with Gasteiger partial charge in [-0.15, -0.1) is 0 Å². The van der Waals surface area contributed by atoms with Gasteiger partial charge < -0.3 is 15.6 Å². The van der Waals surface area contributed by atoms with Crippen molar-refractivity contribution in [3.05, 3.63) is 11.9 Å². The van der Waals surface area contributed by atoms with Crippen LogP contribution in [0.5, 0.6) is 0 Å². The SMILES string of the molecule is CNC(=O)C1CCN(c2cc(NN)nc(C3CC3)n2)CC1. The van der Waals surface area contributed by atoms with E-state index >= 15 is 0 Å². The molecule has 21 heavy (non-hydrogen) atoms. The molecule has 1 aromatic heterocycles. The molecule has 1 aliphatic carbocycles. The first kappa shape index (κ1) is 14.1. The molecule has 1 amide bonds. The monoisotopic (exact) mass is 290 g/mol. The Morgan fingerprint density at radius 1 is 1.29 bits per heavy atom. The number of hydrogen-bond donors (Lipinski definition) is 3. The van der Waals surface area contributed by atoms with Crippen molar-refractivity contribution in [1.29, 1.82) is 0 Å². The standard InChI is InChI=1S/C14H22N6O/c1-16-14(21)10-4-6-20(7-5-10)12-8-11(19-15)17-13(18-12)9-2-3-9/h8-10H,2-7,15H2,1H3,(H,16,21)(H,17,18,19). The van der Waals surface area contributed by atoms with Crippen molar-refractivity contribution in [3.8, 4) is 0 Å². The van der Waals surface area contributed by atoms with Crippen molar-refractivity contribution < 1.29 is 4.79 Å². The molecule has 0 radical (unpaired) electrons. The average molecular weight is 290 g/mol. The second kappa shape index (κ2) is 5.85. The Bertz CT molecular complexity index is 522. The molecule has 0 spiro atoms. The van der Waals surface area contributed by atoms with E-state index in [1.54, 1.807) is 7.05 Å². The van der Waals surface area contributed by atoms with E-state index in [9.17, 15) is 4.79 Å². The maximum Gasteiger partial charge on any atom is 0.222 e. The normalized spacial score (nSPS) is 19.4. The van der Waals surface area contributed by atoms with E-state index in [-0.39, 0.29) is 11.8 Å². The number of piperidine rings is 1. The summed E-state index contributed by atoms with van der Waals surface area (Å²) in [6, 6.07) is 1.88. The summed E-state index contributed by atoms with van der Waals surface area (Å²) in [7, 11) is 1.69. The van der Waals surface area contributed by atoms with Crippen LogP contribution in [0.3, 0.4) is 0 Å². The second-order valence-electron chi connectivity index (χ2n) is 5.76. The Labute approximate surface area is 124 Å². The largest absolute Gasteiger partial charge is 0.359 e. The molecule has 1 aliphatic heterocycles. The van der Waals surface area contributed by atoms with Gasteiger partial charge in [-0.1, -0.05) is 0 Å². The fourth-order valence-electron chi connectivity index (χ4n) is 2.79. The molecule has 0 bridgehead atoms. The molecule has 4 N–H and O–H groups in total. The molecule has 0 atom stereocenters. The number of nitrogens with two attached hydrogens (primary N) is 1. The number of anilines is 2. The van der Waals surface area contributed by atoms with Gasteiger partial charge in [0.15, 0.2) is 0 Å². The van der Waals surface area contributed by atoms with Gasteiger partial charge in [-0.3, -0.25) is 4.79 Å². The van der Waals surface area contributed by atoms with E-state index in [0.717, 1.165) is 50.4 Å². The number of hydrazine groups is 1. The molecule has 2 heterocycles. The van der Waals surface area contributed by atoms with Gasteiger partial charge in [0.1, 0.15) is 17.5 Å². The van der Waals surface area contributed by atoms with E-state index in [2.05, 4.69) is 25.6 Å². The molecule has 3 rings (SSSR count). The minimum absolute atomic E-state index is 0.114. The van der Waals surface area contributed by atoms with Crippen LogP contribution in [-0.2, 0) is 4.79 Å². The third kappa shape index (κ3) is 3.07. The summed E-state index contributed by atoms with van der Waals surface area (Å²) in [4.78, 5) is 23.0. The Hall–Kier alpha value is -1.89. The van der Waals surface area contributed by atoms with Crippen molar-refractivity contribution >= 4 is 17.5 Å². The molecule has 7 heteroatoms. The molecular weight excluding hydrogens is 268 g/mol. The highest BCUT2D eigenvalue weighted by Gasteiger charge is 2.29. The summed E-state index contributed by atoms with van der Waals surface area (Å²) in [5.41, 5.74) is 2.62. The van der Waals surface area contributed by atoms with E-state index in [0.29, 0.717) is 11.7 Å². The zero-order valence-corrected chi connectivity index (χ0v) is 12.3. The van der Waals surface area contributed by atoms with E-state index in [4.69, 9.17) is 5.84 Å². The Balaban J connectivity index is 1.72. The summed E-state index contributed by atoms with van der Waals surface area (Å²) >= 11 is 0. The number of nitrogens with one attached hydrogen (secondary N) is 2. The minimum atomic E-state index is 0.114. The van der Waals surface area contributed by atoms with E-state index < -0.39 is 0 Å². The quantitative estimate of drug-likeness (QED) is 0.555. The summed E-state index contributed by atoms with van der Waals surface area (Å²) in [5.74, 6) is 8.70. The number of hydrogen-bond acceptors (Lipinski definition) is 6. The summed E-state index contributed by atoms with van der Waals surface area (Å²) in [6.07, 6.45) is 4.03. The van der Waals surface area contributed by atoms with Crippen molar-refractivity contribution in [1.82, 2.24) is 15.3 Å². The second-order valence-corrected chi connectivity index (χ2v) is 5.76. The van der Waals surface area contributed by atoms with Gasteiger partial charge in [-0.05, 0) is 25.7 Å². The van der Waals surface area contributed by atoms with Crippen LogP contribution in [0.15, 0.2) is 6.07 Å². The van der Waals surface area contributed by atoms with Crippen LogP contribution in [-0.4, -0.2) is 36.0 Å². The lowest BCUT2D eigenvalue weighted by atomic mass is 9.96. The highest BCUT2D eigenvalue weighted by atomic mass is 16.1. The average Bonchev–Trinajstić information content (AvgIpc) is 3.38. The van der Waals surface area contributed by atoms with Gasteiger partial charge in [-0.25, -0.2) is 15.8 Å². The summed E-state index contributed by atoms with van der Waals surface area (Å²) < 4.78 is 0. The third-order valence-electron chi connectivity index (χ3n) is 4.26. The Morgan fingerprint density at radius 2 is 2.00 bits per heavy atom. The fraction of sp³-hybridized carbons (Fsp3) is 0.643. The molecule has 114 valence electrons. The number of nitrogen functional groups attached to an aromatic ring is 1. The molecule has 1 saturated carbocycles.